The summed E-state index contributed by atoms with van der Waals surface area (Å²) in [4.78, 5) is 14.5. The first-order valence-electron chi connectivity index (χ1n) is 3.65. The first-order chi connectivity index (χ1) is 6.20. The van der Waals surface area contributed by atoms with E-state index in [2.05, 4.69) is 4.98 Å². The van der Waals surface area contributed by atoms with Crippen molar-refractivity contribution in [2.24, 2.45) is 0 Å². The van der Waals surface area contributed by atoms with Gasteiger partial charge in [-0.1, -0.05) is 0 Å². The predicted molar refractivity (Wildman–Crippen MR) is 47.6 cm³/mol. The molecule has 5 heteroatoms. The molecule has 0 bridgehead atoms. The standard InChI is InChI=1S/C8H7N3O2/c9-7-5-2-4-11(8(12)13)6(5)1-3-10-7/h1-4H,(H2,9,10)(H,12,13). The highest BCUT2D eigenvalue weighted by atomic mass is 16.4. The smallest absolute Gasteiger partial charge is 0.416 e. The highest BCUT2D eigenvalue weighted by Crippen LogP contribution is 2.19. The number of carboxylic acid groups (broad SMARTS) is 1. The van der Waals surface area contributed by atoms with Crippen molar-refractivity contribution < 1.29 is 9.90 Å². The minimum absolute atomic E-state index is 0.345. The van der Waals surface area contributed by atoms with Crippen LogP contribution in [0.4, 0.5) is 10.6 Å². The van der Waals surface area contributed by atoms with Crippen molar-refractivity contribution in [2.45, 2.75) is 0 Å². The third-order valence-corrected chi connectivity index (χ3v) is 1.85. The molecule has 0 unspecified atom stereocenters. The monoisotopic (exact) mass is 177 g/mol. The van der Waals surface area contributed by atoms with Crippen LogP contribution in [-0.2, 0) is 0 Å². The largest absolute Gasteiger partial charge is 0.464 e. The average Bonchev–Trinajstić information content (AvgIpc) is 2.48. The molecule has 0 aliphatic carbocycles. The lowest BCUT2D eigenvalue weighted by atomic mass is 10.3. The molecule has 13 heavy (non-hydrogen) atoms. The van der Waals surface area contributed by atoms with E-state index in [1.54, 1.807) is 12.1 Å². The quantitative estimate of drug-likeness (QED) is 0.632. The van der Waals surface area contributed by atoms with E-state index in [1.165, 1.54) is 12.4 Å². The summed E-state index contributed by atoms with van der Waals surface area (Å²) in [7, 11) is 0. The van der Waals surface area contributed by atoms with E-state index < -0.39 is 6.09 Å². The third-order valence-electron chi connectivity index (χ3n) is 1.85. The Morgan fingerprint density at radius 3 is 3.00 bits per heavy atom. The van der Waals surface area contributed by atoms with Gasteiger partial charge in [-0.25, -0.2) is 9.78 Å². The summed E-state index contributed by atoms with van der Waals surface area (Å²) in [6.07, 6.45) is 1.91. The Hall–Kier alpha value is -2.04. The number of nitrogen functional groups attached to an aromatic ring is 1. The third kappa shape index (κ3) is 1.01. The molecule has 2 aromatic rings. The van der Waals surface area contributed by atoms with Crippen LogP contribution in [-0.4, -0.2) is 20.8 Å². The minimum atomic E-state index is -1.03. The van der Waals surface area contributed by atoms with Crippen LogP contribution in [0.1, 0.15) is 0 Å². The maximum absolute atomic E-state index is 10.7. The van der Waals surface area contributed by atoms with E-state index >= 15 is 0 Å². The first kappa shape index (κ1) is 7.60. The molecular formula is C8H7N3O2. The maximum Gasteiger partial charge on any atom is 0.416 e. The second-order valence-electron chi connectivity index (χ2n) is 2.60. The van der Waals surface area contributed by atoms with Gasteiger partial charge in [0, 0.05) is 17.8 Å². The van der Waals surface area contributed by atoms with Gasteiger partial charge < -0.3 is 10.8 Å². The van der Waals surface area contributed by atoms with Crippen LogP contribution in [0, 0.1) is 0 Å². The van der Waals surface area contributed by atoms with Gasteiger partial charge in [-0.3, -0.25) is 4.57 Å². The Balaban J connectivity index is 2.83. The van der Waals surface area contributed by atoms with E-state index in [0.717, 1.165) is 4.57 Å². The molecule has 0 radical (unpaired) electrons. The SMILES string of the molecule is Nc1nccc2c1ccn2C(=O)O. The molecule has 0 atom stereocenters. The molecule has 5 nitrogen and oxygen atoms in total. The van der Waals surface area contributed by atoms with Crippen molar-refractivity contribution in [1.29, 1.82) is 0 Å². The lowest BCUT2D eigenvalue weighted by Gasteiger charge is -1.97. The van der Waals surface area contributed by atoms with Crippen molar-refractivity contribution in [2.75, 3.05) is 5.73 Å². The number of anilines is 1. The molecule has 2 rings (SSSR count). The number of nitrogens with zero attached hydrogens (tertiary/aromatic N) is 2. The molecule has 2 heterocycles. The molecule has 0 saturated heterocycles. The molecule has 0 saturated carbocycles. The molecular weight excluding hydrogens is 170 g/mol. The Morgan fingerprint density at radius 2 is 2.31 bits per heavy atom. The average molecular weight is 177 g/mol. The number of hydrogen-bond acceptors (Lipinski definition) is 3. The lowest BCUT2D eigenvalue weighted by molar-refractivity contribution is 0.197. The van der Waals surface area contributed by atoms with Crippen LogP contribution in [0.2, 0.25) is 0 Å². The van der Waals surface area contributed by atoms with Crippen molar-refractivity contribution >= 4 is 22.8 Å². The van der Waals surface area contributed by atoms with Crippen LogP contribution in [0.15, 0.2) is 24.5 Å². The molecule has 0 fully saturated rings. The lowest BCUT2D eigenvalue weighted by Crippen LogP contribution is -2.05. The van der Waals surface area contributed by atoms with Gasteiger partial charge in [0.25, 0.3) is 0 Å². The highest BCUT2D eigenvalue weighted by Gasteiger charge is 2.07. The van der Waals surface area contributed by atoms with E-state index in [-0.39, 0.29) is 0 Å². The summed E-state index contributed by atoms with van der Waals surface area (Å²) in [5.74, 6) is 0.345. The normalized spacial score (nSPS) is 10.5. The second kappa shape index (κ2) is 2.48. The number of rotatable bonds is 0. The Kier molecular flexibility index (Phi) is 1.45. The van der Waals surface area contributed by atoms with Crippen molar-refractivity contribution in [3.63, 3.8) is 0 Å². The fraction of sp³-hybridized carbons (Fsp3) is 0. The van der Waals surface area contributed by atoms with Crippen LogP contribution >= 0.6 is 0 Å². The molecule has 0 aliphatic heterocycles. The van der Waals surface area contributed by atoms with Crippen molar-refractivity contribution in [3.05, 3.63) is 24.5 Å². The van der Waals surface area contributed by atoms with Gasteiger partial charge in [-0.15, -0.1) is 0 Å². The Morgan fingerprint density at radius 1 is 1.54 bits per heavy atom. The summed E-state index contributed by atoms with van der Waals surface area (Å²) in [6, 6.07) is 3.24. The number of carbonyl (C=O) groups is 1. The molecule has 2 aromatic heterocycles. The van der Waals surface area contributed by atoms with Gasteiger partial charge in [-0.05, 0) is 12.1 Å². The highest BCUT2D eigenvalue weighted by molar-refractivity contribution is 5.94. The maximum atomic E-state index is 10.7. The van der Waals surface area contributed by atoms with Gasteiger partial charge in [0.2, 0.25) is 0 Å². The minimum Gasteiger partial charge on any atom is -0.464 e. The second-order valence-corrected chi connectivity index (χ2v) is 2.60. The molecule has 66 valence electrons. The van der Waals surface area contributed by atoms with Crippen molar-refractivity contribution in [1.82, 2.24) is 9.55 Å². The van der Waals surface area contributed by atoms with Gasteiger partial charge in [0.1, 0.15) is 5.82 Å². The van der Waals surface area contributed by atoms with Gasteiger partial charge in [0.15, 0.2) is 0 Å². The van der Waals surface area contributed by atoms with E-state index in [4.69, 9.17) is 10.8 Å². The predicted octanol–water partition coefficient (Wildman–Crippen LogP) is 1.14. The van der Waals surface area contributed by atoms with Crippen LogP contribution < -0.4 is 5.73 Å². The fourth-order valence-corrected chi connectivity index (χ4v) is 1.26. The Bertz CT molecular complexity index is 475. The summed E-state index contributed by atoms with van der Waals surface area (Å²) in [5, 5.41) is 9.42. The van der Waals surface area contributed by atoms with E-state index in [1.807, 2.05) is 0 Å². The summed E-state index contributed by atoms with van der Waals surface area (Å²) in [6.45, 7) is 0. The zero-order valence-corrected chi connectivity index (χ0v) is 6.64. The zero-order chi connectivity index (χ0) is 9.42. The molecule has 0 aromatic carbocycles. The van der Waals surface area contributed by atoms with Gasteiger partial charge >= 0.3 is 6.09 Å². The molecule has 3 N–H and O–H groups in total. The van der Waals surface area contributed by atoms with Crippen LogP contribution in [0.3, 0.4) is 0 Å². The first-order valence-corrected chi connectivity index (χ1v) is 3.65. The number of hydrogen-bond donors (Lipinski definition) is 2. The summed E-state index contributed by atoms with van der Waals surface area (Å²) in [5.41, 5.74) is 6.11. The fourth-order valence-electron chi connectivity index (χ4n) is 1.26. The van der Waals surface area contributed by atoms with Gasteiger partial charge in [-0.2, -0.15) is 0 Å². The van der Waals surface area contributed by atoms with E-state index in [0.29, 0.717) is 16.7 Å². The number of fused-ring (bicyclic) bond motifs is 1. The van der Waals surface area contributed by atoms with Crippen LogP contribution in [0.25, 0.3) is 10.9 Å². The number of nitrogens with two attached hydrogens (primary N) is 1. The Labute approximate surface area is 73.4 Å². The topological polar surface area (TPSA) is 81.1 Å². The number of aromatic nitrogens is 2. The molecule has 0 amide bonds. The van der Waals surface area contributed by atoms with Crippen molar-refractivity contribution in [3.8, 4) is 0 Å². The summed E-state index contributed by atoms with van der Waals surface area (Å²) < 4.78 is 1.10. The van der Waals surface area contributed by atoms with Crippen LogP contribution in [0.5, 0.6) is 0 Å². The van der Waals surface area contributed by atoms with E-state index in [9.17, 15) is 4.79 Å². The summed E-state index contributed by atoms with van der Waals surface area (Å²) >= 11 is 0. The molecule has 0 aliphatic rings. The zero-order valence-electron chi connectivity index (χ0n) is 6.64. The molecule has 0 spiro atoms. The van der Waals surface area contributed by atoms with Gasteiger partial charge in [0.05, 0.1) is 5.52 Å². The number of pyridine rings is 1.